The Morgan fingerprint density at radius 2 is 2.00 bits per heavy atom. The molecule has 2 aromatic heterocycles. The molecule has 0 radical (unpaired) electrons. The van der Waals surface area contributed by atoms with Crippen molar-refractivity contribution in [2.24, 2.45) is 5.73 Å². The normalized spacial score (nSPS) is 12.0. The van der Waals surface area contributed by atoms with Crippen molar-refractivity contribution in [3.8, 4) is 11.5 Å². The lowest BCUT2D eigenvalue weighted by molar-refractivity contribution is -0.117. The van der Waals surface area contributed by atoms with Crippen LogP contribution in [0.1, 0.15) is 11.1 Å². The van der Waals surface area contributed by atoms with Crippen LogP contribution >= 0.6 is 0 Å². The van der Waals surface area contributed by atoms with Gasteiger partial charge in [-0.15, -0.1) is 0 Å². The van der Waals surface area contributed by atoms with E-state index in [0.29, 0.717) is 22.6 Å². The van der Waals surface area contributed by atoms with Crippen molar-refractivity contribution in [2.45, 2.75) is 19.4 Å². The van der Waals surface area contributed by atoms with Crippen molar-refractivity contribution >= 4 is 22.6 Å². The Bertz CT molecular complexity index is 1190. The summed E-state index contributed by atoms with van der Waals surface area (Å²) in [4.78, 5) is 19.6. The van der Waals surface area contributed by atoms with Crippen molar-refractivity contribution in [2.75, 3.05) is 5.32 Å². The van der Waals surface area contributed by atoms with Gasteiger partial charge < -0.3 is 20.8 Å². The molecule has 4 N–H and O–H groups in total. The summed E-state index contributed by atoms with van der Waals surface area (Å²) in [5.74, 6) is -0.246. The van der Waals surface area contributed by atoms with E-state index in [4.69, 9.17) is 10.5 Å². The molecule has 0 fully saturated rings. The van der Waals surface area contributed by atoms with Gasteiger partial charge in [-0.3, -0.25) is 4.79 Å². The number of hydrogen-bond acceptors (Lipinski definition) is 4. The zero-order valence-corrected chi connectivity index (χ0v) is 16.4. The molecule has 0 saturated carbocycles. The molecule has 0 aliphatic carbocycles. The predicted molar refractivity (Wildman–Crippen MR) is 114 cm³/mol. The third kappa shape index (κ3) is 4.16. The number of anilines is 1. The third-order valence-corrected chi connectivity index (χ3v) is 4.78. The minimum Gasteiger partial charge on any atom is -0.453 e. The number of hydrogen-bond donors (Lipinski definition) is 3. The van der Waals surface area contributed by atoms with Gasteiger partial charge in [0.2, 0.25) is 5.91 Å². The third-order valence-electron chi connectivity index (χ3n) is 4.78. The maximum absolute atomic E-state index is 14.7. The number of carbonyl (C=O) groups excluding carboxylic acids is 1. The average molecular weight is 404 g/mol. The lowest BCUT2D eigenvalue weighted by Crippen LogP contribution is -2.37. The number of aromatic amines is 1. The highest BCUT2D eigenvalue weighted by Gasteiger charge is 2.16. The summed E-state index contributed by atoms with van der Waals surface area (Å²) in [6, 6.07) is 14.5. The number of nitrogens with one attached hydrogen (secondary N) is 2. The molecule has 4 aromatic rings. The Kier molecular flexibility index (Phi) is 5.45. The lowest BCUT2D eigenvalue weighted by atomic mass is 10.1. The first kappa shape index (κ1) is 19.6. The minimum absolute atomic E-state index is 0.0918. The number of aryl methyl sites for hydroxylation is 1. The van der Waals surface area contributed by atoms with Crippen LogP contribution in [0.4, 0.5) is 10.1 Å². The lowest BCUT2D eigenvalue weighted by Gasteiger charge is -2.14. The SMILES string of the molecule is Cc1c[nH]c2nccc(Oc3ccc(C[C@H](N)C(=O)Nc4ccccc4)cc3F)c12. The fourth-order valence-corrected chi connectivity index (χ4v) is 3.24. The number of nitrogens with two attached hydrogens (primary N) is 1. The van der Waals surface area contributed by atoms with Gasteiger partial charge in [-0.25, -0.2) is 9.37 Å². The largest absolute Gasteiger partial charge is 0.453 e. The first-order chi connectivity index (χ1) is 14.5. The standard InChI is InChI=1S/C23H21FN4O2/c1-14-13-27-22-21(14)20(9-10-26-22)30-19-8-7-15(11-17(19)24)12-18(25)23(29)28-16-5-3-2-4-6-16/h2-11,13,18H,12,25H2,1H3,(H,26,27)(H,28,29)/t18-/m0/s1. The average Bonchev–Trinajstić information content (AvgIpc) is 3.12. The van der Waals surface area contributed by atoms with Crippen molar-refractivity contribution in [3.05, 3.63) is 83.9 Å². The molecule has 7 heteroatoms. The second-order valence-electron chi connectivity index (χ2n) is 7.04. The number of halogens is 1. The van der Waals surface area contributed by atoms with Crippen LogP contribution in [0.3, 0.4) is 0 Å². The Labute approximate surface area is 172 Å². The van der Waals surface area contributed by atoms with Gasteiger partial charge in [-0.2, -0.15) is 0 Å². The van der Waals surface area contributed by atoms with E-state index in [-0.39, 0.29) is 18.1 Å². The maximum Gasteiger partial charge on any atom is 0.241 e. The summed E-state index contributed by atoms with van der Waals surface area (Å²) in [7, 11) is 0. The maximum atomic E-state index is 14.7. The first-order valence-corrected chi connectivity index (χ1v) is 9.52. The number of amides is 1. The molecule has 0 unspecified atom stereocenters. The van der Waals surface area contributed by atoms with E-state index in [0.717, 1.165) is 10.9 Å². The molecule has 2 aromatic carbocycles. The Balaban J connectivity index is 1.46. The number of ether oxygens (including phenoxy) is 1. The molecule has 1 atom stereocenters. The van der Waals surface area contributed by atoms with Gasteiger partial charge in [0.05, 0.1) is 11.4 Å². The number of rotatable bonds is 6. The summed E-state index contributed by atoms with van der Waals surface area (Å²) in [5, 5.41) is 3.56. The van der Waals surface area contributed by atoms with Crippen LogP contribution in [-0.4, -0.2) is 21.9 Å². The number of para-hydroxylation sites is 1. The summed E-state index contributed by atoms with van der Waals surface area (Å²) < 4.78 is 20.5. The van der Waals surface area contributed by atoms with Crippen molar-refractivity contribution < 1.29 is 13.9 Å². The van der Waals surface area contributed by atoms with Crippen LogP contribution in [-0.2, 0) is 11.2 Å². The van der Waals surface area contributed by atoms with Crippen LogP contribution < -0.4 is 15.8 Å². The molecular formula is C23H21FN4O2. The van der Waals surface area contributed by atoms with Gasteiger partial charge in [0.15, 0.2) is 11.6 Å². The molecule has 0 spiro atoms. The summed E-state index contributed by atoms with van der Waals surface area (Å²) in [5.41, 5.74) is 8.91. The highest BCUT2D eigenvalue weighted by Crippen LogP contribution is 2.32. The predicted octanol–water partition coefficient (Wildman–Crippen LogP) is 4.31. The van der Waals surface area contributed by atoms with Crippen molar-refractivity contribution in [1.82, 2.24) is 9.97 Å². The summed E-state index contributed by atoms with van der Waals surface area (Å²) >= 11 is 0. The van der Waals surface area contributed by atoms with Crippen LogP contribution in [0.5, 0.6) is 11.5 Å². The second-order valence-corrected chi connectivity index (χ2v) is 7.04. The van der Waals surface area contributed by atoms with Gasteiger partial charge in [-0.1, -0.05) is 24.3 Å². The fourth-order valence-electron chi connectivity index (χ4n) is 3.24. The van der Waals surface area contributed by atoms with Crippen LogP contribution in [0.2, 0.25) is 0 Å². The Morgan fingerprint density at radius 3 is 2.77 bits per heavy atom. The molecule has 152 valence electrons. The van der Waals surface area contributed by atoms with Crippen LogP contribution in [0.15, 0.2) is 67.0 Å². The van der Waals surface area contributed by atoms with E-state index >= 15 is 0 Å². The van der Waals surface area contributed by atoms with E-state index in [1.165, 1.54) is 6.07 Å². The first-order valence-electron chi connectivity index (χ1n) is 9.52. The number of aromatic nitrogens is 2. The Morgan fingerprint density at radius 1 is 1.20 bits per heavy atom. The smallest absolute Gasteiger partial charge is 0.241 e. The number of H-pyrrole nitrogens is 1. The summed E-state index contributed by atoms with van der Waals surface area (Å²) in [6.45, 7) is 1.93. The zero-order valence-electron chi connectivity index (χ0n) is 16.4. The molecule has 30 heavy (non-hydrogen) atoms. The quantitative estimate of drug-likeness (QED) is 0.446. The number of benzene rings is 2. The van der Waals surface area contributed by atoms with Gasteiger partial charge >= 0.3 is 0 Å². The molecule has 2 heterocycles. The molecular weight excluding hydrogens is 383 g/mol. The molecule has 1 amide bonds. The number of carbonyl (C=O) groups is 1. The number of fused-ring (bicyclic) bond motifs is 1. The fraction of sp³-hybridized carbons (Fsp3) is 0.130. The Hall–Kier alpha value is -3.71. The van der Waals surface area contributed by atoms with E-state index in [1.54, 1.807) is 36.5 Å². The molecule has 0 aliphatic rings. The van der Waals surface area contributed by atoms with Gasteiger partial charge in [0.25, 0.3) is 0 Å². The molecule has 0 aliphatic heterocycles. The summed E-state index contributed by atoms with van der Waals surface area (Å²) in [6.07, 6.45) is 3.63. The monoisotopic (exact) mass is 404 g/mol. The van der Waals surface area contributed by atoms with E-state index in [2.05, 4.69) is 15.3 Å². The van der Waals surface area contributed by atoms with Crippen molar-refractivity contribution in [1.29, 1.82) is 0 Å². The highest BCUT2D eigenvalue weighted by molar-refractivity contribution is 5.94. The topological polar surface area (TPSA) is 93.0 Å². The van der Waals surface area contributed by atoms with Crippen LogP contribution in [0.25, 0.3) is 11.0 Å². The minimum atomic E-state index is -0.807. The number of pyridine rings is 1. The van der Waals surface area contributed by atoms with Gasteiger partial charge in [-0.05, 0) is 54.8 Å². The van der Waals surface area contributed by atoms with Gasteiger partial charge in [0.1, 0.15) is 11.4 Å². The highest BCUT2D eigenvalue weighted by atomic mass is 19.1. The van der Waals surface area contributed by atoms with E-state index in [9.17, 15) is 9.18 Å². The van der Waals surface area contributed by atoms with Gasteiger partial charge in [0, 0.05) is 18.1 Å². The molecule has 0 bridgehead atoms. The van der Waals surface area contributed by atoms with Crippen LogP contribution in [0, 0.1) is 12.7 Å². The zero-order chi connectivity index (χ0) is 21.1. The molecule has 0 saturated heterocycles. The molecule has 6 nitrogen and oxygen atoms in total. The van der Waals surface area contributed by atoms with E-state index < -0.39 is 11.9 Å². The molecule has 4 rings (SSSR count). The number of nitrogens with zero attached hydrogens (tertiary/aromatic N) is 1. The van der Waals surface area contributed by atoms with E-state index in [1.807, 2.05) is 31.3 Å². The van der Waals surface area contributed by atoms with Crippen molar-refractivity contribution in [3.63, 3.8) is 0 Å². The second kappa shape index (κ2) is 8.34.